The average Bonchev–Trinajstić information content (AvgIpc) is 2.41. The summed E-state index contributed by atoms with van der Waals surface area (Å²) in [6, 6.07) is 8.79. The van der Waals surface area contributed by atoms with Crippen LogP contribution in [0.2, 0.25) is 10.0 Å². The molecule has 2 aromatic carbocycles. The molecule has 0 amide bonds. The zero-order chi connectivity index (χ0) is 14.7. The maximum absolute atomic E-state index is 9.91. The molecule has 0 bridgehead atoms. The highest BCUT2D eigenvalue weighted by Gasteiger charge is 2.09. The number of aromatic hydroxyl groups is 1. The lowest BCUT2D eigenvalue weighted by Gasteiger charge is -2.13. The molecule has 3 nitrogen and oxygen atoms in total. The van der Waals surface area contributed by atoms with Crippen molar-refractivity contribution in [3.63, 3.8) is 0 Å². The first-order valence-corrected chi connectivity index (χ1v) is 7.30. The number of rotatable bonds is 4. The van der Waals surface area contributed by atoms with Gasteiger partial charge in [-0.15, -0.1) is 0 Å². The lowest BCUT2D eigenvalue weighted by Crippen LogP contribution is -2.02. The second kappa shape index (κ2) is 6.57. The van der Waals surface area contributed by atoms with Gasteiger partial charge in [0, 0.05) is 21.6 Å². The third-order valence-electron chi connectivity index (χ3n) is 2.74. The van der Waals surface area contributed by atoms with E-state index in [1.54, 1.807) is 13.2 Å². The fourth-order valence-electron chi connectivity index (χ4n) is 1.76. The zero-order valence-corrected chi connectivity index (χ0v) is 13.7. The van der Waals surface area contributed by atoms with Crippen molar-refractivity contribution >= 4 is 44.8 Å². The van der Waals surface area contributed by atoms with Crippen LogP contribution in [0.4, 0.5) is 5.69 Å². The molecule has 0 heterocycles. The fourth-order valence-corrected chi connectivity index (χ4v) is 2.66. The van der Waals surface area contributed by atoms with Crippen molar-refractivity contribution in [1.82, 2.24) is 0 Å². The van der Waals surface area contributed by atoms with E-state index in [4.69, 9.17) is 27.9 Å². The summed E-state index contributed by atoms with van der Waals surface area (Å²) in [5.41, 5.74) is 1.42. The van der Waals surface area contributed by atoms with Crippen LogP contribution < -0.4 is 10.1 Å². The number of halogens is 3. The third kappa shape index (κ3) is 3.51. The summed E-state index contributed by atoms with van der Waals surface area (Å²) in [5, 5.41) is 13.8. The second-order valence-corrected chi connectivity index (χ2v) is 5.85. The molecular weight excluding hydrogens is 365 g/mol. The van der Waals surface area contributed by atoms with Crippen molar-refractivity contribution in [3.05, 3.63) is 50.4 Å². The van der Waals surface area contributed by atoms with Crippen LogP contribution in [0.5, 0.6) is 11.5 Å². The maximum Gasteiger partial charge on any atom is 0.142 e. The second-order valence-electron chi connectivity index (χ2n) is 4.09. The Bertz CT molecular complexity index is 635. The van der Waals surface area contributed by atoms with Gasteiger partial charge in [0.2, 0.25) is 0 Å². The number of hydrogen-bond acceptors (Lipinski definition) is 3. The van der Waals surface area contributed by atoms with Crippen LogP contribution in [0.1, 0.15) is 5.56 Å². The van der Waals surface area contributed by atoms with E-state index in [0.29, 0.717) is 22.9 Å². The first-order valence-electron chi connectivity index (χ1n) is 5.75. The lowest BCUT2D eigenvalue weighted by molar-refractivity contribution is 0.416. The molecule has 0 unspecified atom stereocenters. The van der Waals surface area contributed by atoms with Gasteiger partial charge in [-0.2, -0.15) is 0 Å². The summed E-state index contributed by atoms with van der Waals surface area (Å²) in [4.78, 5) is 0. The summed E-state index contributed by atoms with van der Waals surface area (Å²) in [5.74, 6) is 0.735. The predicted octanol–water partition coefficient (Wildman–Crippen LogP) is 5.08. The highest BCUT2D eigenvalue weighted by Crippen LogP contribution is 2.33. The van der Waals surface area contributed by atoms with Gasteiger partial charge in [-0.1, -0.05) is 39.1 Å². The van der Waals surface area contributed by atoms with Crippen molar-refractivity contribution < 1.29 is 9.84 Å². The van der Waals surface area contributed by atoms with Gasteiger partial charge in [0.1, 0.15) is 11.5 Å². The van der Waals surface area contributed by atoms with Crippen molar-refractivity contribution in [2.45, 2.75) is 6.54 Å². The molecule has 106 valence electrons. The van der Waals surface area contributed by atoms with Gasteiger partial charge in [-0.25, -0.2) is 0 Å². The molecule has 2 aromatic rings. The van der Waals surface area contributed by atoms with Crippen molar-refractivity contribution in [1.29, 1.82) is 0 Å². The van der Waals surface area contributed by atoms with Crippen LogP contribution in [0.15, 0.2) is 34.8 Å². The summed E-state index contributed by atoms with van der Waals surface area (Å²) in [6.45, 7) is 0.374. The van der Waals surface area contributed by atoms with Gasteiger partial charge in [0.15, 0.2) is 0 Å². The van der Waals surface area contributed by atoms with Crippen LogP contribution in [-0.2, 0) is 6.54 Å². The summed E-state index contributed by atoms with van der Waals surface area (Å²) in [7, 11) is 1.60. The van der Waals surface area contributed by atoms with Gasteiger partial charge in [0.25, 0.3) is 0 Å². The van der Waals surface area contributed by atoms with Gasteiger partial charge >= 0.3 is 0 Å². The van der Waals surface area contributed by atoms with Gasteiger partial charge in [0.05, 0.1) is 17.8 Å². The van der Waals surface area contributed by atoms with Gasteiger partial charge < -0.3 is 15.2 Å². The number of hydrogen-bond donors (Lipinski definition) is 2. The topological polar surface area (TPSA) is 41.5 Å². The quantitative estimate of drug-likeness (QED) is 0.781. The number of phenols is 1. The van der Waals surface area contributed by atoms with Crippen molar-refractivity contribution in [2.24, 2.45) is 0 Å². The van der Waals surface area contributed by atoms with E-state index in [2.05, 4.69) is 21.2 Å². The largest absolute Gasteiger partial charge is 0.506 e. The number of methoxy groups -OCH3 is 1. The van der Waals surface area contributed by atoms with Crippen LogP contribution >= 0.6 is 39.1 Å². The number of phenolic OH excluding ortho intramolecular Hbond substituents is 1. The van der Waals surface area contributed by atoms with E-state index >= 15 is 0 Å². The van der Waals surface area contributed by atoms with Crippen molar-refractivity contribution in [3.8, 4) is 11.5 Å². The molecule has 0 radical (unpaired) electrons. The molecule has 0 saturated carbocycles. The Morgan fingerprint density at radius 2 is 2.00 bits per heavy atom. The first kappa shape index (κ1) is 15.3. The number of benzene rings is 2. The Morgan fingerprint density at radius 1 is 1.25 bits per heavy atom. The Labute approximate surface area is 135 Å². The van der Waals surface area contributed by atoms with Crippen LogP contribution in [0.25, 0.3) is 0 Å². The summed E-state index contributed by atoms with van der Waals surface area (Å²) in [6.07, 6.45) is 0. The monoisotopic (exact) mass is 375 g/mol. The number of nitrogens with one attached hydrogen (secondary N) is 1. The lowest BCUT2D eigenvalue weighted by atomic mass is 10.2. The fraction of sp³-hybridized carbons (Fsp3) is 0.143. The highest BCUT2D eigenvalue weighted by atomic mass is 79.9. The van der Waals surface area contributed by atoms with Crippen molar-refractivity contribution in [2.75, 3.05) is 12.4 Å². The Hall–Kier alpha value is -1.10. The minimum Gasteiger partial charge on any atom is -0.506 e. The molecule has 2 N–H and O–H groups in total. The molecule has 0 saturated heterocycles. The van der Waals surface area contributed by atoms with E-state index < -0.39 is 0 Å². The highest BCUT2D eigenvalue weighted by molar-refractivity contribution is 9.10. The molecule has 0 fully saturated rings. The molecule has 20 heavy (non-hydrogen) atoms. The van der Waals surface area contributed by atoms with Crippen LogP contribution in [-0.4, -0.2) is 12.2 Å². The Kier molecular flexibility index (Phi) is 5.02. The molecule has 6 heteroatoms. The van der Waals surface area contributed by atoms with E-state index in [9.17, 15) is 5.11 Å². The van der Waals surface area contributed by atoms with E-state index in [-0.39, 0.29) is 10.8 Å². The molecule has 0 spiro atoms. The molecule has 0 aromatic heterocycles. The molecule has 0 aliphatic rings. The SMILES string of the molecule is COc1ccc(Br)cc1NCc1cc(Cl)cc(Cl)c1O. The van der Waals surface area contributed by atoms with Gasteiger partial charge in [-0.3, -0.25) is 0 Å². The molecule has 2 rings (SSSR count). The normalized spacial score (nSPS) is 10.4. The van der Waals surface area contributed by atoms with Crippen LogP contribution in [0.3, 0.4) is 0 Å². The standard InChI is InChI=1S/C14H12BrCl2NO2/c1-20-13-3-2-9(15)5-12(13)18-7-8-4-10(16)6-11(17)14(8)19/h2-6,18-19H,7H2,1H3. The molecule has 0 aliphatic carbocycles. The zero-order valence-electron chi connectivity index (χ0n) is 10.6. The van der Waals surface area contributed by atoms with E-state index in [0.717, 1.165) is 10.2 Å². The van der Waals surface area contributed by atoms with Crippen LogP contribution in [0, 0.1) is 0 Å². The maximum atomic E-state index is 9.91. The smallest absolute Gasteiger partial charge is 0.142 e. The number of anilines is 1. The minimum absolute atomic E-state index is 0.0255. The molecular formula is C14H12BrCl2NO2. The molecule has 0 aliphatic heterocycles. The average molecular weight is 377 g/mol. The van der Waals surface area contributed by atoms with E-state index in [1.165, 1.54) is 6.07 Å². The predicted molar refractivity (Wildman–Crippen MR) is 86.1 cm³/mol. The van der Waals surface area contributed by atoms with E-state index in [1.807, 2.05) is 18.2 Å². The first-order chi connectivity index (χ1) is 9.51. The number of ether oxygens (including phenoxy) is 1. The minimum atomic E-state index is 0.0255. The molecule has 0 atom stereocenters. The summed E-state index contributed by atoms with van der Waals surface area (Å²) >= 11 is 15.2. The Balaban J connectivity index is 2.23. The third-order valence-corrected chi connectivity index (χ3v) is 3.74. The Morgan fingerprint density at radius 3 is 2.70 bits per heavy atom. The summed E-state index contributed by atoms with van der Waals surface area (Å²) < 4.78 is 6.19. The van der Waals surface area contributed by atoms with Gasteiger partial charge in [-0.05, 0) is 30.3 Å².